The smallest absolute Gasteiger partial charge is 0.275 e. The van der Waals surface area contributed by atoms with Crippen molar-refractivity contribution < 1.29 is 13.9 Å². The van der Waals surface area contributed by atoms with E-state index in [0.717, 1.165) is 4.31 Å². The first kappa shape index (κ1) is 13.9. The standard InChI is InChI=1S/C12H11ClN2O3S/c1-8(5-6-14)7-15-12(16)11-9(13)3-2-4-10(11)19(15,17)18/h2-5,17-18H,7H2,1H3. The van der Waals surface area contributed by atoms with Crippen LogP contribution in [0.5, 0.6) is 0 Å². The van der Waals surface area contributed by atoms with Crippen molar-refractivity contribution in [3.8, 4) is 6.07 Å². The monoisotopic (exact) mass is 298 g/mol. The van der Waals surface area contributed by atoms with Crippen LogP contribution in [0.3, 0.4) is 0 Å². The van der Waals surface area contributed by atoms with E-state index < -0.39 is 16.7 Å². The highest BCUT2D eigenvalue weighted by molar-refractivity contribution is 8.23. The zero-order valence-corrected chi connectivity index (χ0v) is 11.6. The van der Waals surface area contributed by atoms with Crippen molar-refractivity contribution in [2.45, 2.75) is 11.8 Å². The van der Waals surface area contributed by atoms with Crippen molar-refractivity contribution in [3.05, 3.63) is 40.4 Å². The first-order chi connectivity index (χ1) is 8.89. The highest BCUT2D eigenvalue weighted by Crippen LogP contribution is 2.59. The number of rotatable bonds is 2. The Balaban J connectivity index is 2.47. The van der Waals surface area contributed by atoms with Gasteiger partial charge in [0.05, 0.1) is 28.1 Å². The summed E-state index contributed by atoms with van der Waals surface area (Å²) in [5, 5.41) is 8.74. The molecule has 1 aliphatic rings. The predicted molar refractivity (Wildman–Crippen MR) is 73.0 cm³/mol. The van der Waals surface area contributed by atoms with E-state index in [1.165, 1.54) is 18.2 Å². The number of fused-ring (bicyclic) bond motifs is 1. The average Bonchev–Trinajstić information content (AvgIpc) is 2.52. The predicted octanol–water partition coefficient (Wildman–Crippen LogP) is 3.29. The van der Waals surface area contributed by atoms with Crippen LogP contribution in [-0.2, 0) is 0 Å². The van der Waals surface area contributed by atoms with E-state index in [-0.39, 0.29) is 22.0 Å². The highest BCUT2D eigenvalue weighted by atomic mass is 35.5. The van der Waals surface area contributed by atoms with Gasteiger partial charge in [-0.15, -0.1) is 0 Å². The summed E-state index contributed by atoms with van der Waals surface area (Å²) in [6.07, 6.45) is 1.26. The SMILES string of the molecule is CC(=CC#N)CN1C(=O)c2c(Cl)cccc2S1(O)O. The Morgan fingerprint density at radius 1 is 1.58 bits per heavy atom. The van der Waals surface area contributed by atoms with E-state index in [4.69, 9.17) is 16.9 Å². The molecule has 7 heteroatoms. The first-order valence-corrected chi connectivity index (χ1v) is 7.21. The van der Waals surface area contributed by atoms with Crippen LogP contribution in [0.1, 0.15) is 17.3 Å². The lowest BCUT2D eigenvalue weighted by molar-refractivity contribution is 0.0870. The summed E-state index contributed by atoms with van der Waals surface area (Å²) in [4.78, 5) is 12.3. The molecule has 0 spiro atoms. The third-order valence-corrected chi connectivity index (χ3v) is 4.88. The van der Waals surface area contributed by atoms with E-state index in [2.05, 4.69) is 0 Å². The van der Waals surface area contributed by atoms with Gasteiger partial charge in [-0.1, -0.05) is 28.4 Å². The maximum Gasteiger partial charge on any atom is 0.275 e. The fourth-order valence-corrected chi connectivity index (χ4v) is 3.83. The van der Waals surface area contributed by atoms with E-state index in [1.807, 2.05) is 6.07 Å². The second kappa shape index (κ2) is 4.87. The molecule has 0 bridgehead atoms. The summed E-state index contributed by atoms with van der Waals surface area (Å²) < 4.78 is 21.3. The van der Waals surface area contributed by atoms with E-state index in [0.29, 0.717) is 5.57 Å². The van der Waals surface area contributed by atoms with Gasteiger partial charge in [-0.25, -0.2) is 4.31 Å². The Morgan fingerprint density at radius 3 is 2.84 bits per heavy atom. The number of nitrogens with zero attached hydrogens (tertiary/aromatic N) is 2. The van der Waals surface area contributed by atoms with Gasteiger partial charge in [0.15, 0.2) is 0 Å². The molecule has 1 aromatic carbocycles. The molecular weight excluding hydrogens is 288 g/mol. The van der Waals surface area contributed by atoms with E-state index in [9.17, 15) is 13.9 Å². The summed E-state index contributed by atoms with van der Waals surface area (Å²) in [6, 6.07) is 6.39. The first-order valence-electron chi connectivity index (χ1n) is 5.33. The van der Waals surface area contributed by atoms with Gasteiger partial charge in [0.1, 0.15) is 0 Å². The normalized spacial score (nSPS) is 19.0. The molecule has 0 aromatic heterocycles. The molecule has 0 saturated carbocycles. The van der Waals surface area contributed by atoms with E-state index >= 15 is 0 Å². The number of carbonyl (C=O) groups is 1. The Bertz CT molecular complexity index is 622. The number of amides is 1. The minimum Gasteiger partial charge on any atom is -0.277 e. The molecule has 1 amide bonds. The quantitative estimate of drug-likeness (QED) is 0.821. The van der Waals surface area contributed by atoms with Gasteiger partial charge < -0.3 is 0 Å². The number of allylic oxidation sites excluding steroid dienone is 1. The molecule has 1 aliphatic heterocycles. The molecule has 0 fully saturated rings. The number of carbonyl (C=O) groups excluding carboxylic acids is 1. The van der Waals surface area contributed by atoms with Crippen LogP contribution in [0.2, 0.25) is 5.02 Å². The maximum absolute atomic E-state index is 12.2. The Hall–Kier alpha value is -1.52. The molecule has 1 aromatic rings. The Morgan fingerprint density at radius 2 is 2.26 bits per heavy atom. The zero-order valence-electron chi connectivity index (χ0n) is 10.00. The van der Waals surface area contributed by atoms with Gasteiger partial charge in [0.2, 0.25) is 0 Å². The fraction of sp³-hybridized carbons (Fsp3) is 0.167. The summed E-state index contributed by atoms with van der Waals surface area (Å²) in [5.41, 5.74) is 0.675. The zero-order chi connectivity index (χ0) is 14.2. The van der Waals surface area contributed by atoms with Crippen LogP contribution in [0.15, 0.2) is 34.7 Å². The molecule has 19 heavy (non-hydrogen) atoms. The Kier molecular flexibility index (Phi) is 3.56. The molecule has 100 valence electrons. The van der Waals surface area contributed by atoms with Gasteiger partial charge in [-0.3, -0.25) is 13.9 Å². The number of benzene rings is 1. The molecule has 2 rings (SSSR count). The van der Waals surface area contributed by atoms with Crippen LogP contribution in [0.4, 0.5) is 0 Å². The molecule has 5 nitrogen and oxygen atoms in total. The maximum atomic E-state index is 12.2. The number of halogens is 1. The van der Waals surface area contributed by atoms with Crippen molar-refractivity contribution in [1.29, 1.82) is 5.26 Å². The largest absolute Gasteiger partial charge is 0.277 e. The molecule has 2 N–H and O–H groups in total. The van der Waals surface area contributed by atoms with Gasteiger partial charge in [-0.05, 0) is 24.6 Å². The van der Waals surface area contributed by atoms with Crippen molar-refractivity contribution in [3.63, 3.8) is 0 Å². The van der Waals surface area contributed by atoms with Gasteiger partial charge >= 0.3 is 0 Å². The number of hydrogen-bond donors (Lipinski definition) is 2. The highest BCUT2D eigenvalue weighted by Gasteiger charge is 2.42. The minimum atomic E-state index is -3.38. The number of nitriles is 1. The summed E-state index contributed by atoms with van der Waals surface area (Å²) >= 11 is 5.93. The summed E-state index contributed by atoms with van der Waals surface area (Å²) in [7, 11) is -3.38. The molecule has 0 aliphatic carbocycles. The number of hydrogen-bond acceptors (Lipinski definition) is 4. The van der Waals surface area contributed by atoms with Crippen molar-refractivity contribution in [2.24, 2.45) is 0 Å². The van der Waals surface area contributed by atoms with Crippen LogP contribution in [0.25, 0.3) is 0 Å². The van der Waals surface area contributed by atoms with Crippen LogP contribution in [0, 0.1) is 11.3 Å². The second-order valence-corrected chi connectivity index (χ2v) is 6.42. The average molecular weight is 299 g/mol. The lowest BCUT2D eigenvalue weighted by Crippen LogP contribution is -2.29. The molecule has 0 radical (unpaired) electrons. The Labute approximate surface area is 117 Å². The van der Waals surface area contributed by atoms with Gasteiger partial charge in [-0.2, -0.15) is 5.26 Å². The van der Waals surface area contributed by atoms with Crippen molar-refractivity contribution in [1.82, 2.24) is 4.31 Å². The van der Waals surface area contributed by atoms with E-state index in [1.54, 1.807) is 13.0 Å². The lowest BCUT2D eigenvalue weighted by atomic mass is 10.2. The van der Waals surface area contributed by atoms with Gasteiger partial charge in [0, 0.05) is 6.08 Å². The van der Waals surface area contributed by atoms with Crippen molar-refractivity contribution in [2.75, 3.05) is 6.54 Å². The molecular formula is C12H11ClN2O3S. The third kappa shape index (κ3) is 2.22. The van der Waals surface area contributed by atoms with Crippen molar-refractivity contribution >= 4 is 28.3 Å². The topological polar surface area (TPSA) is 84.6 Å². The molecule has 1 heterocycles. The summed E-state index contributed by atoms with van der Waals surface area (Å²) in [6.45, 7) is 1.61. The summed E-state index contributed by atoms with van der Waals surface area (Å²) in [5.74, 6) is -0.536. The third-order valence-electron chi connectivity index (χ3n) is 2.72. The van der Waals surface area contributed by atoms with Crippen LogP contribution < -0.4 is 0 Å². The second-order valence-electron chi connectivity index (χ2n) is 4.09. The minimum absolute atomic E-state index is 0.0280. The molecule has 0 saturated heterocycles. The molecule has 0 unspecified atom stereocenters. The van der Waals surface area contributed by atoms with Crippen LogP contribution in [-0.4, -0.2) is 25.9 Å². The lowest BCUT2D eigenvalue weighted by Gasteiger charge is -2.36. The fourth-order valence-electron chi connectivity index (χ4n) is 1.84. The van der Waals surface area contributed by atoms with Crippen LogP contribution >= 0.6 is 22.4 Å². The van der Waals surface area contributed by atoms with Gasteiger partial charge in [0.25, 0.3) is 5.91 Å². The molecule has 0 atom stereocenters.